The molecule has 8 heteroatoms. The first-order valence-electron chi connectivity index (χ1n) is 8.65. The van der Waals surface area contributed by atoms with E-state index in [0.29, 0.717) is 29.5 Å². The van der Waals surface area contributed by atoms with Gasteiger partial charge in [0, 0.05) is 23.8 Å². The third kappa shape index (κ3) is 4.80. The van der Waals surface area contributed by atoms with E-state index in [0.717, 1.165) is 18.4 Å². The number of amides is 1. The zero-order valence-electron chi connectivity index (χ0n) is 14.9. The molecule has 0 atom stereocenters. The fourth-order valence-corrected chi connectivity index (χ4v) is 4.72. The average Bonchev–Trinajstić information content (AvgIpc) is 3.17. The lowest BCUT2D eigenvalue weighted by Gasteiger charge is -2.16. The van der Waals surface area contributed by atoms with Gasteiger partial charge in [-0.2, -0.15) is 4.31 Å². The van der Waals surface area contributed by atoms with Gasteiger partial charge in [0.2, 0.25) is 10.0 Å². The molecule has 1 amide bonds. The minimum atomic E-state index is -3.52. The molecule has 0 spiro atoms. The van der Waals surface area contributed by atoms with E-state index in [4.69, 9.17) is 16.3 Å². The first-order chi connectivity index (χ1) is 12.9. The van der Waals surface area contributed by atoms with E-state index in [-0.39, 0.29) is 17.4 Å². The Morgan fingerprint density at radius 1 is 1.19 bits per heavy atom. The second kappa shape index (κ2) is 8.29. The zero-order valence-corrected chi connectivity index (χ0v) is 16.5. The predicted molar refractivity (Wildman–Crippen MR) is 105 cm³/mol. The summed E-state index contributed by atoms with van der Waals surface area (Å²) in [5.41, 5.74) is 1.24. The van der Waals surface area contributed by atoms with Crippen LogP contribution < -0.4 is 10.1 Å². The van der Waals surface area contributed by atoms with Crippen LogP contribution in [0.1, 0.15) is 18.4 Å². The number of carbonyl (C=O) groups is 1. The molecule has 3 rings (SSSR count). The summed E-state index contributed by atoms with van der Waals surface area (Å²) >= 11 is 5.90. The number of halogens is 1. The molecule has 1 N–H and O–H groups in total. The molecule has 0 aliphatic carbocycles. The summed E-state index contributed by atoms with van der Waals surface area (Å²) in [6.45, 7) is 2.72. The van der Waals surface area contributed by atoms with E-state index in [2.05, 4.69) is 5.32 Å². The van der Waals surface area contributed by atoms with Crippen LogP contribution in [0, 0.1) is 6.92 Å². The number of aryl methyl sites for hydroxylation is 1. The topological polar surface area (TPSA) is 75.7 Å². The number of carbonyl (C=O) groups excluding carboxylic acids is 1. The van der Waals surface area contributed by atoms with Crippen LogP contribution in [0.15, 0.2) is 47.4 Å². The molecule has 1 heterocycles. The summed E-state index contributed by atoms with van der Waals surface area (Å²) in [7, 11) is -3.52. The SMILES string of the molecule is Cc1cc(Cl)ccc1OCC(=O)Nc1cccc(S(=O)(=O)N2CCCC2)c1. The molecule has 27 heavy (non-hydrogen) atoms. The van der Waals surface area contributed by atoms with Gasteiger partial charge in [0.05, 0.1) is 4.90 Å². The second-order valence-electron chi connectivity index (χ2n) is 6.39. The van der Waals surface area contributed by atoms with Crippen molar-refractivity contribution in [1.29, 1.82) is 0 Å². The largest absolute Gasteiger partial charge is 0.483 e. The van der Waals surface area contributed by atoms with E-state index in [1.54, 1.807) is 30.3 Å². The molecule has 1 saturated heterocycles. The number of hydrogen-bond donors (Lipinski definition) is 1. The highest BCUT2D eigenvalue weighted by molar-refractivity contribution is 7.89. The van der Waals surface area contributed by atoms with Crippen LogP contribution in [0.25, 0.3) is 0 Å². The molecular weight excluding hydrogens is 388 g/mol. The molecule has 0 bridgehead atoms. The number of sulfonamides is 1. The van der Waals surface area contributed by atoms with Crippen molar-refractivity contribution in [3.8, 4) is 5.75 Å². The molecule has 1 aliphatic rings. The normalized spacial score (nSPS) is 14.9. The Bertz CT molecular complexity index is 940. The monoisotopic (exact) mass is 408 g/mol. The maximum atomic E-state index is 12.6. The average molecular weight is 409 g/mol. The lowest BCUT2D eigenvalue weighted by Crippen LogP contribution is -2.28. The number of nitrogens with one attached hydrogen (secondary N) is 1. The van der Waals surface area contributed by atoms with Gasteiger partial charge in [0.1, 0.15) is 5.75 Å². The molecule has 6 nitrogen and oxygen atoms in total. The molecule has 0 aromatic heterocycles. The predicted octanol–water partition coefficient (Wildman–Crippen LogP) is 3.45. The Kier molecular flexibility index (Phi) is 6.04. The Morgan fingerprint density at radius 3 is 2.63 bits per heavy atom. The van der Waals surface area contributed by atoms with Crippen LogP contribution in [-0.2, 0) is 14.8 Å². The van der Waals surface area contributed by atoms with Crippen LogP contribution in [0.2, 0.25) is 5.02 Å². The Morgan fingerprint density at radius 2 is 1.93 bits per heavy atom. The van der Waals surface area contributed by atoms with E-state index >= 15 is 0 Å². The van der Waals surface area contributed by atoms with Crippen LogP contribution in [0.5, 0.6) is 5.75 Å². The van der Waals surface area contributed by atoms with E-state index in [1.807, 2.05) is 6.92 Å². The molecule has 2 aromatic rings. The van der Waals surface area contributed by atoms with Gasteiger partial charge in [-0.1, -0.05) is 17.7 Å². The molecule has 0 saturated carbocycles. The first kappa shape index (κ1) is 19.7. The minimum absolute atomic E-state index is 0.177. The maximum absolute atomic E-state index is 12.6. The van der Waals surface area contributed by atoms with Gasteiger partial charge in [-0.25, -0.2) is 8.42 Å². The summed E-state index contributed by atoms with van der Waals surface area (Å²) in [5, 5.41) is 3.27. The van der Waals surface area contributed by atoms with Crippen molar-refractivity contribution in [2.45, 2.75) is 24.7 Å². The smallest absolute Gasteiger partial charge is 0.262 e. The first-order valence-corrected chi connectivity index (χ1v) is 10.5. The Balaban J connectivity index is 1.64. The van der Waals surface area contributed by atoms with Crippen LogP contribution in [0.4, 0.5) is 5.69 Å². The molecule has 1 fully saturated rings. The van der Waals surface area contributed by atoms with Gasteiger partial charge in [-0.15, -0.1) is 0 Å². The van der Waals surface area contributed by atoms with Crippen molar-refractivity contribution in [3.05, 3.63) is 53.1 Å². The fourth-order valence-electron chi connectivity index (χ4n) is 2.93. The van der Waals surface area contributed by atoms with Gasteiger partial charge in [-0.05, 0) is 61.7 Å². The molecule has 144 valence electrons. The van der Waals surface area contributed by atoms with Crippen molar-refractivity contribution in [3.63, 3.8) is 0 Å². The highest BCUT2D eigenvalue weighted by Gasteiger charge is 2.27. The van der Waals surface area contributed by atoms with Crippen molar-refractivity contribution in [1.82, 2.24) is 4.31 Å². The second-order valence-corrected chi connectivity index (χ2v) is 8.76. The van der Waals surface area contributed by atoms with Gasteiger partial charge in [0.25, 0.3) is 5.91 Å². The number of nitrogens with zero attached hydrogens (tertiary/aromatic N) is 1. The molecule has 0 radical (unpaired) electrons. The lowest BCUT2D eigenvalue weighted by atomic mass is 10.2. The third-order valence-corrected chi connectivity index (χ3v) is 6.45. The Hall–Kier alpha value is -2.09. The van der Waals surface area contributed by atoms with Gasteiger partial charge in [-0.3, -0.25) is 4.79 Å². The van der Waals surface area contributed by atoms with Crippen molar-refractivity contribution in [2.75, 3.05) is 25.0 Å². The number of anilines is 1. The summed E-state index contributed by atoms with van der Waals surface area (Å²) in [6.07, 6.45) is 1.74. The maximum Gasteiger partial charge on any atom is 0.262 e. The van der Waals surface area contributed by atoms with E-state index in [1.165, 1.54) is 16.4 Å². The quantitative estimate of drug-likeness (QED) is 0.794. The Labute approximate surface area is 164 Å². The fraction of sp³-hybridized carbons (Fsp3) is 0.316. The highest BCUT2D eigenvalue weighted by atomic mass is 35.5. The van der Waals surface area contributed by atoms with Crippen molar-refractivity contribution in [2.24, 2.45) is 0 Å². The lowest BCUT2D eigenvalue weighted by molar-refractivity contribution is -0.118. The van der Waals surface area contributed by atoms with Crippen molar-refractivity contribution >= 4 is 33.2 Å². The zero-order chi connectivity index (χ0) is 19.4. The molecule has 2 aromatic carbocycles. The number of ether oxygens (including phenoxy) is 1. The molecule has 0 unspecified atom stereocenters. The molecule has 1 aliphatic heterocycles. The van der Waals surface area contributed by atoms with E-state index in [9.17, 15) is 13.2 Å². The molecular formula is C19H21ClN2O4S. The van der Waals surface area contributed by atoms with Gasteiger partial charge in [0.15, 0.2) is 6.61 Å². The van der Waals surface area contributed by atoms with E-state index < -0.39 is 10.0 Å². The number of benzene rings is 2. The number of rotatable bonds is 6. The summed E-state index contributed by atoms with van der Waals surface area (Å²) in [5.74, 6) is 0.194. The van der Waals surface area contributed by atoms with Gasteiger partial charge < -0.3 is 10.1 Å². The van der Waals surface area contributed by atoms with Gasteiger partial charge >= 0.3 is 0 Å². The van der Waals surface area contributed by atoms with Crippen LogP contribution in [-0.4, -0.2) is 38.3 Å². The van der Waals surface area contributed by atoms with Crippen LogP contribution >= 0.6 is 11.6 Å². The summed E-state index contributed by atoms with van der Waals surface area (Å²) in [6, 6.07) is 11.4. The van der Waals surface area contributed by atoms with Crippen LogP contribution in [0.3, 0.4) is 0 Å². The summed E-state index contributed by atoms with van der Waals surface area (Å²) < 4.78 is 32.2. The summed E-state index contributed by atoms with van der Waals surface area (Å²) in [4.78, 5) is 12.3. The van der Waals surface area contributed by atoms with Crippen molar-refractivity contribution < 1.29 is 17.9 Å². The number of hydrogen-bond acceptors (Lipinski definition) is 4. The highest BCUT2D eigenvalue weighted by Crippen LogP contribution is 2.24. The standard InChI is InChI=1S/C19H21ClN2O4S/c1-14-11-15(20)7-8-18(14)26-13-19(23)21-16-5-4-6-17(12-16)27(24,25)22-9-2-3-10-22/h4-8,11-12H,2-3,9-10,13H2,1H3,(H,21,23). The minimum Gasteiger partial charge on any atom is -0.483 e. The third-order valence-electron chi connectivity index (χ3n) is 4.32.